The molecule has 0 saturated heterocycles. The summed E-state index contributed by atoms with van der Waals surface area (Å²) in [5.74, 6) is -8.70. The molecular formula is C36H42Cl2N4O10. The number of carboxylic acid groups (broad SMARTS) is 1. The smallest absolute Gasteiger partial charge is 0.321 e. The van der Waals surface area contributed by atoms with Crippen LogP contribution >= 0.6 is 23.2 Å². The number of hydrogen-bond donors (Lipinski definition) is 8. The van der Waals surface area contributed by atoms with Crippen molar-refractivity contribution in [2.24, 2.45) is 11.8 Å². The number of carboxylic acids is 1. The number of hydrogen-bond acceptors (Lipinski definition) is 12. The average molecular weight is 762 g/mol. The van der Waals surface area contributed by atoms with E-state index in [0.717, 1.165) is 5.69 Å². The normalized spacial score (nSPS) is 26.1. The first kappa shape index (κ1) is 39.0. The average Bonchev–Trinajstić information content (AvgIpc) is 3.08. The number of ketones is 2. The van der Waals surface area contributed by atoms with Crippen LogP contribution in [-0.2, 0) is 31.2 Å². The first-order valence-corrected chi connectivity index (χ1v) is 17.7. The first-order chi connectivity index (χ1) is 24.5. The second kappa shape index (κ2) is 15.0. The van der Waals surface area contributed by atoms with Crippen molar-refractivity contribution in [1.82, 2.24) is 15.5 Å². The van der Waals surface area contributed by atoms with Crippen LogP contribution in [0.4, 0.5) is 5.69 Å². The van der Waals surface area contributed by atoms with Gasteiger partial charge in [-0.05, 0) is 63.2 Å². The Labute approximate surface area is 309 Å². The Hall–Kier alpha value is -4.18. The molecule has 0 heterocycles. The summed E-state index contributed by atoms with van der Waals surface area (Å²) >= 11 is 11.8. The number of alkyl halides is 2. The number of likely N-dealkylation sites (N-methyl/N-ethyl adjacent to an activating group) is 1. The number of nitrogens with one attached hydrogen (secondary N) is 2. The maximum Gasteiger partial charge on any atom is 0.321 e. The van der Waals surface area contributed by atoms with Crippen LogP contribution in [0.25, 0.3) is 5.76 Å². The summed E-state index contributed by atoms with van der Waals surface area (Å²) in [6.45, 7) is 2.05. The second-order valence-electron chi connectivity index (χ2n) is 13.6. The lowest BCUT2D eigenvalue weighted by molar-refractivity contribution is -0.159. The molecule has 0 spiro atoms. The molecule has 2 aromatic rings. The van der Waals surface area contributed by atoms with E-state index in [0.29, 0.717) is 30.4 Å². The molecule has 1 saturated carbocycles. The van der Waals surface area contributed by atoms with Crippen molar-refractivity contribution < 1.29 is 49.8 Å². The Morgan fingerprint density at radius 2 is 1.63 bits per heavy atom. The zero-order valence-corrected chi connectivity index (χ0v) is 30.3. The monoisotopic (exact) mass is 760 g/mol. The van der Waals surface area contributed by atoms with Crippen molar-refractivity contribution in [3.8, 4) is 5.75 Å². The molecule has 1 fully saturated rings. The van der Waals surface area contributed by atoms with Crippen LogP contribution in [-0.4, -0.2) is 122 Å². The highest BCUT2D eigenvalue weighted by Crippen LogP contribution is 2.57. The lowest BCUT2D eigenvalue weighted by Crippen LogP contribution is -2.67. The Kier molecular flexibility index (Phi) is 11.3. The number of fused-ring (bicyclic) bond motifs is 3. The van der Waals surface area contributed by atoms with Crippen LogP contribution in [0.5, 0.6) is 5.75 Å². The van der Waals surface area contributed by atoms with Crippen molar-refractivity contribution in [2.45, 2.75) is 43.1 Å². The van der Waals surface area contributed by atoms with Crippen LogP contribution in [0.1, 0.15) is 30.0 Å². The number of rotatable bonds is 13. The second-order valence-corrected chi connectivity index (χ2v) is 14.4. The third-order valence-corrected chi connectivity index (χ3v) is 10.7. The van der Waals surface area contributed by atoms with E-state index in [1.165, 1.54) is 44.1 Å². The van der Waals surface area contributed by atoms with Gasteiger partial charge in [0.15, 0.2) is 11.4 Å². The van der Waals surface area contributed by atoms with Gasteiger partial charge in [-0.15, -0.1) is 23.2 Å². The number of carbonyl (C=O) groups is 4. The van der Waals surface area contributed by atoms with Crippen molar-refractivity contribution in [3.63, 3.8) is 0 Å². The van der Waals surface area contributed by atoms with E-state index in [2.05, 4.69) is 10.6 Å². The Balaban J connectivity index is 1.40. The molecule has 0 radical (unpaired) electrons. The van der Waals surface area contributed by atoms with Crippen LogP contribution in [0.15, 0.2) is 59.4 Å². The predicted octanol–water partition coefficient (Wildman–Crippen LogP) is 1.79. The SMILES string of the molecule is CN(C)C1C(=O)C(C(=O)NCNC(Cc2ccc(N(CCCl)CCCl)cc2)C(=O)O)=C(O)C2(O)C(=O)C3=C(O)c4c(O)cccc4C(C)(O)C3CC12. The number of anilines is 1. The number of phenolic OH excluding ortho intramolecular Hbond substituents is 1. The number of aromatic hydroxyl groups is 1. The summed E-state index contributed by atoms with van der Waals surface area (Å²) < 4.78 is 0. The number of benzene rings is 2. The summed E-state index contributed by atoms with van der Waals surface area (Å²) in [7, 11) is 2.97. The molecule has 16 heteroatoms. The number of amides is 1. The number of halogens is 2. The van der Waals surface area contributed by atoms with Crippen LogP contribution in [0.3, 0.4) is 0 Å². The molecule has 6 unspecified atom stereocenters. The van der Waals surface area contributed by atoms with Gasteiger partial charge in [0.05, 0.1) is 23.9 Å². The molecular weight excluding hydrogens is 719 g/mol. The van der Waals surface area contributed by atoms with E-state index in [1.807, 2.05) is 17.0 Å². The zero-order chi connectivity index (χ0) is 38.3. The van der Waals surface area contributed by atoms with E-state index < -0.39 is 93.6 Å². The third kappa shape index (κ3) is 6.63. The van der Waals surface area contributed by atoms with Crippen molar-refractivity contribution in [3.05, 3.63) is 76.1 Å². The van der Waals surface area contributed by atoms with Gasteiger partial charge in [-0.1, -0.05) is 24.3 Å². The molecule has 0 aromatic heterocycles. The molecule has 52 heavy (non-hydrogen) atoms. The molecule has 5 rings (SSSR count). The van der Waals surface area contributed by atoms with Crippen LogP contribution < -0.4 is 15.5 Å². The fraction of sp³-hybridized carbons (Fsp3) is 0.444. The standard InChI is InChI=1S/C36H42Cl2N4O10/c1-35(51)20-5-4-6-24(43)25(20)29(44)26-21(35)16-22-28(41(2)3)30(45)27(32(47)36(22,52)31(26)46)33(48)40-17-39-23(34(49)50)15-18-7-9-19(10-8-18)42(13-11-37)14-12-38/h4-10,21-23,28,39,43-44,47,51-52H,11-17H2,1-3H3,(H,40,48)(H,49,50). The summed E-state index contributed by atoms with van der Waals surface area (Å²) in [6, 6.07) is 8.80. The number of aliphatic hydroxyl groups excluding tert-OH is 2. The maximum atomic E-state index is 14.3. The Bertz CT molecular complexity index is 1820. The lowest BCUT2D eigenvalue weighted by Gasteiger charge is -2.53. The molecule has 0 aliphatic heterocycles. The van der Waals surface area contributed by atoms with Gasteiger partial charge in [0, 0.05) is 47.9 Å². The van der Waals surface area contributed by atoms with Crippen molar-refractivity contribution >= 4 is 58.1 Å². The highest BCUT2D eigenvalue weighted by molar-refractivity contribution is 6.25. The quantitative estimate of drug-likeness (QED) is 0.0831. The van der Waals surface area contributed by atoms with Gasteiger partial charge in [-0.3, -0.25) is 29.4 Å². The van der Waals surface area contributed by atoms with Gasteiger partial charge < -0.3 is 40.9 Å². The third-order valence-electron chi connectivity index (χ3n) is 10.3. The topological polar surface area (TPSA) is 220 Å². The van der Waals surface area contributed by atoms with E-state index in [-0.39, 0.29) is 24.0 Å². The van der Waals surface area contributed by atoms with Crippen molar-refractivity contribution in [2.75, 3.05) is 50.5 Å². The van der Waals surface area contributed by atoms with Gasteiger partial charge in [0.25, 0.3) is 5.91 Å². The summed E-state index contributed by atoms with van der Waals surface area (Å²) in [5.41, 5.74) is -4.70. The number of carbonyl (C=O) groups excluding carboxylic acids is 3. The molecule has 14 nitrogen and oxygen atoms in total. The number of nitrogens with zero attached hydrogens (tertiary/aromatic N) is 2. The minimum absolute atomic E-state index is 0.0181. The summed E-state index contributed by atoms with van der Waals surface area (Å²) in [5, 5.41) is 72.1. The minimum Gasteiger partial charge on any atom is -0.508 e. The highest BCUT2D eigenvalue weighted by Gasteiger charge is 2.66. The molecule has 280 valence electrons. The van der Waals surface area contributed by atoms with Gasteiger partial charge >= 0.3 is 5.97 Å². The molecule has 8 N–H and O–H groups in total. The van der Waals surface area contributed by atoms with Crippen LogP contribution in [0.2, 0.25) is 0 Å². The molecule has 1 amide bonds. The van der Waals surface area contributed by atoms with E-state index >= 15 is 0 Å². The first-order valence-electron chi connectivity index (χ1n) is 16.6. The highest BCUT2D eigenvalue weighted by atomic mass is 35.5. The molecule has 3 aliphatic carbocycles. The fourth-order valence-electron chi connectivity index (χ4n) is 7.73. The van der Waals surface area contributed by atoms with Crippen LogP contribution in [0, 0.1) is 11.8 Å². The largest absolute Gasteiger partial charge is 0.508 e. The molecule has 2 aromatic carbocycles. The summed E-state index contributed by atoms with van der Waals surface area (Å²) in [4.78, 5) is 57.2. The Morgan fingerprint density at radius 1 is 1.00 bits per heavy atom. The van der Waals surface area contributed by atoms with Gasteiger partial charge in [0.1, 0.15) is 28.9 Å². The van der Waals surface area contributed by atoms with E-state index in [4.69, 9.17) is 23.2 Å². The van der Waals surface area contributed by atoms with Gasteiger partial charge in [-0.25, -0.2) is 0 Å². The van der Waals surface area contributed by atoms with E-state index in [1.54, 1.807) is 12.1 Å². The molecule has 6 atom stereocenters. The fourth-order valence-corrected chi connectivity index (χ4v) is 8.13. The summed E-state index contributed by atoms with van der Waals surface area (Å²) in [6.07, 6.45) is -0.262. The lowest BCUT2D eigenvalue weighted by atomic mass is 9.54. The number of aliphatic carboxylic acids is 1. The predicted molar refractivity (Wildman–Crippen MR) is 192 cm³/mol. The number of Topliss-reactive ketones (excluding diaryl/α,β-unsaturated/α-hetero) is 2. The van der Waals surface area contributed by atoms with Gasteiger partial charge in [-0.2, -0.15) is 0 Å². The number of phenols is 1. The Morgan fingerprint density at radius 3 is 2.21 bits per heavy atom. The zero-order valence-electron chi connectivity index (χ0n) is 28.8. The minimum atomic E-state index is -2.89. The molecule has 0 bridgehead atoms. The number of aliphatic hydroxyl groups is 4. The van der Waals surface area contributed by atoms with E-state index in [9.17, 15) is 49.8 Å². The molecule has 3 aliphatic rings. The van der Waals surface area contributed by atoms with Crippen molar-refractivity contribution in [1.29, 1.82) is 0 Å². The maximum absolute atomic E-state index is 14.3. The van der Waals surface area contributed by atoms with Gasteiger partial charge in [0.2, 0.25) is 5.78 Å².